The Morgan fingerprint density at radius 2 is 2.00 bits per heavy atom. The molecule has 0 aromatic rings. The Kier molecular flexibility index (Phi) is 5.88. The molecule has 0 spiro atoms. The lowest BCUT2D eigenvalue weighted by atomic mass is 10.1. The van der Waals surface area contributed by atoms with E-state index in [1.165, 1.54) is 14.2 Å². The second-order valence-electron chi connectivity index (χ2n) is 2.62. The first-order chi connectivity index (χ1) is 5.67. The van der Waals surface area contributed by atoms with E-state index in [1.54, 1.807) is 6.92 Å². The van der Waals surface area contributed by atoms with Gasteiger partial charge in [0.1, 0.15) is 12.4 Å². The van der Waals surface area contributed by atoms with E-state index in [-0.39, 0.29) is 12.5 Å². The van der Waals surface area contributed by atoms with Crippen molar-refractivity contribution in [1.82, 2.24) is 0 Å². The molecule has 0 saturated carbocycles. The number of carbonyl (C=O) groups is 1. The van der Waals surface area contributed by atoms with Gasteiger partial charge in [0.2, 0.25) is 0 Å². The maximum absolute atomic E-state index is 10.2. The van der Waals surface area contributed by atoms with Gasteiger partial charge in [0, 0.05) is 20.6 Å². The standard InChI is InChI=1S/C8H16O4/c1-6(10)8(12-3)7(11-2)4-5-9/h5-8,10H,4H2,1-3H3/t6-,7-,8-/m0/s1. The molecule has 0 aliphatic heterocycles. The number of rotatable bonds is 6. The molecule has 0 aliphatic carbocycles. The maximum atomic E-state index is 10.2. The third-order valence-corrected chi connectivity index (χ3v) is 1.75. The van der Waals surface area contributed by atoms with Gasteiger partial charge in [0.15, 0.2) is 0 Å². The zero-order valence-electron chi connectivity index (χ0n) is 7.69. The molecule has 0 fully saturated rings. The molecule has 4 heteroatoms. The summed E-state index contributed by atoms with van der Waals surface area (Å²) in [6.45, 7) is 1.60. The van der Waals surface area contributed by atoms with Crippen LogP contribution >= 0.6 is 0 Å². The molecule has 0 bridgehead atoms. The van der Waals surface area contributed by atoms with Gasteiger partial charge >= 0.3 is 0 Å². The third kappa shape index (κ3) is 3.30. The van der Waals surface area contributed by atoms with E-state index >= 15 is 0 Å². The number of ether oxygens (including phenoxy) is 2. The van der Waals surface area contributed by atoms with Crippen molar-refractivity contribution >= 4 is 6.29 Å². The lowest BCUT2D eigenvalue weighted by Gasteiger charge is -2.25. The molecule has 12 heavy (non-hydrogen) atoms. The van der Waals surface area contributed by atoms with E-state index in [9.17, 15) is 9.90 Å². The minimum absolute atomic E-state index is 0.236. The van der Waals surface area contributed by atoms with Gasteiger partial charge in [-0.3, -0.25) is 0 Å². The van der Waals surface area contributed by atoms with Gasteiger partial charge < -0.3 is 19.4 Å². The Balaban J connectivity index is 4.11. The maximum Gasteiger partial charge on any atom is 0.122 e. The molecule has 0 saturated heterocycles. The molecule has 0 radical (unpaired) electrons. The summed E-state index contributed by atoms with van der Waals surface area (Å²) in [7, 11) is 2.97. The Hall–Kier alpha value is -0.450. The zero-order chi connectivity index (χ0) is 9.56. The van der Waals surface area contributed by atoms with Crippen molar-refractivity contribution < 1.29 is 19.4 Å². The van der Waals surface area contributed by atoms with E-state index in [4.69, 9.17) is 9.47 Å². The number of aliphatic hydroxyl groups is 1. The van der Waals surface area contributed by atoms with Crippen LogP contribution in [0.3, 0.4) is 0 Å². The van der Waals surface area contributed by atoms with Gasteiger partial charge in [0.05, 0.1) is 12.2 Å². The number of aliphatic hydroxyl groups excluding tert-OH is 1. The van der Waals surface area contributed by atoms with Crippen LogP contribution < -0.4 is 0 Å². The first-order valence-electron chi connectivity index (χ1n) is 3.84. The van der Waals surface area contributed by atoms with Crippen LogP contribution in [-0.4, -0.2) is 43.9 Å². The fourth-order valence-corrected chi connectivity index (χ4v) is 1.12. The van der Waals surface area contributed by atoms with E-state index in [0.717, 1.165) is 6.29 Å². The summed E-state index contributed by atoms with van der Waals surface area (Å²) in [6, 6.07) is 0. The first kappa shape index (κ1) is 11.6. The van der Waals surface area contributed by atoms with Crippen molar-refractivity contribution in [3.05, 3.63) is 0 Å². The van der Waals surface area contributed by atoms with Crippen molar-refractivity contribution in [3.8, 4) is 0 Å². The summed E-state index contributed by atoms with van der Waals surface area (Å²) in [5.74, 6) is 0. The quantitative estimate of drug-likeness (QED) is 0.578. The number of carbonyl (C=O) groups excluding carboxylic acids is 1. The Labute approximate surface area is 72.5 Å². The van der Waals surface area contributed by atoms with Crippen LogP contribution in [0, 0.1) is 0 Å². The zero-order valence-corrected chi connectivity index (χ0v) is 7.69. The van der Waals surface area contributed by atoms with Crippen LogP contribution in [0.1, 0.15) is 13.3 Å². The van der Waals surface area contributed by atoms with Crippen LogP contribution in [0.5, 0.6) is 0 Å². The van der Waals surface area contributed by atoms with Gasteiger partial charge in [-0.05, 0) is 6.92 Å². The van der Waals surface area contributed by atoms with Crippen LogP contribution in [0.25, 0.3) is 0 Å². The number of hydrogen-bond donors (Lipinski definition) is 1. The lowest BCUT2D eigenvalue weighted by Crippen LogP contribution is -2.38. The molecular weight excluding hydrogens is 160 g/mol. The molecule has 1 N–H and O–H groups in total. The normalized spacial score (nSPS) is 18.3. The number of hydrogen-bond acceptors (Lipinski definition) is 4. The predicted molar refractivity (Wildman–Crippen MR) is 44.0 cm³/mol. The van der Waals surface area contributed by atoms with E-state index in [0.29, 0.717) is 0 Å². The van der Waals surface area contributed by atoms with E-state index < -0.39 is 12.2 Å². The Morgan fingerprint density at radius 3 is 2.25 bits per heavy atom. The highest BCUT2D eigenvalue weighted by Gasteiger charge is 2.24. The van der Waals surface area contributed by atoms with E-state index in [1.807, 2.05) is 0 Å². The average Bonchev–Trinajstić information content (AvgIpc) is 2.03. The second kappa shape index (κ2) is 6.11. The van der Waals surface area contributed by atoms with E-state index in [2.05, 4.69) is 0 Å². The highest BCUT2D eigenvalue weighted by atomic mass is 16.5. The fourth-order valence-electron chi connectivity index (χ4n) is 1.12. The van der Waals surface area contributed by atoms with Gasteiger partial charge in [-0.15, -0.1) is 0 Å². The predicted octanol–water partition coefficient (Wildman–Crippen LogP) is -0.0138. The van der Waals surface area contributed by atoms with Gasteiger partial charge in [-0.2, -0.15) is 0 Å². The van der Waals surface area contributed by atoms with Gasteiger partial charge in [-0.1, -0.05) is 0 Å². The van der Waals surface area contributed by atoms with Gasteiger partial charge in [0.25, 0.3) is 0 Å². The summed E-state index contributed by atoms with van der Waals surface area (Å²) < 4.78 is 9.97. The van der Waals surface area contributed by atoms with Crippen molar-refractivity contribution in [3.63, 3.8) is 0 Å². The van der Waals surface area contributed by atoms with Crippen molar-refractivity contribution in [2.24, 2.45) is 0 Å². The smallest absolute Gasteiger partial charge is 0.122 e. The molecule has 0 unspecified atom stereocenters. The summed E-state index contributed by atoms with van der Waals surface area (Å²) in [5, 5.41) is 9.22. The lowest BCUT2D eigenvalue weighted by molar-refractivity contribution is -0.118. The van der Waals surface area contributed by atoms with Crippen molar-refractivity contribution in [2.45, 2.75) is 31.7 Å². The largest absolute Gasteiger partial charge is 0.391 e. The van der Waals surface area contributed by atoms with Crippen LogP contribution in [0.4, 0.5) is 0 Å². The number of aldehydes is 1. The molecule has 0 aromatic heterocycles. The minimum atomic E-state index is -0.639. The fraction of sp³-hybridized carbons (Fsp3) is 0.875. The van der Waals surface area contributed by atoms with Gasteiger partial charge in [-0.25, -0.2) is 0 Å². The van der Waals surface area contributed by atoms with Crippen LogP contribution in [0.15, 0.2) is 0 Å². The molecular formula is C8H16O4. The summed E-state index contributed by atoms with van der Waals surface area (Å²) in [6.07, 6.45) is -0.463. The highest BCUT2D eigenvalue weighted by Crippen LogP contribution is 2.09. The third-order valence-electron chi connectivity index (χ3n) is 1.75. The van der Waals surface area contributed by atoms with Crippen LogP contribution in [0.2, 0.25) is 0 Å². The number of methoxy groups -OCH3 is 2. The molecule has 0 rings (SSSR count). The highest BCUT2D eigenvalue weighted by molar-refractivity contribution is 5.50. The van der Waals surface area contributed by atoms with Crippen LogP contribution in [-0.2, 0) is 14.3 Å². The molecule has 4 nitrogen and oxygen atoms in total. The van der Waals surface area contributed by atoms with Crippen molar-refractivity contribution in [1.29, 1.82) is 0 Å². The summed E-state index contributed by atoms with van der Waals surface area (Å²) in [4.78, 5) is 10.2. The monoisotopic (exact) mass is 176 g/mol. The molecule has 72 valence electrons. The average molecular weight is 176 g/mol. The summed E-state index contributed by atoms with van der Waals surface area (Å²) in [5.41, 5.74) is 0. The molecule has 0 amide bonds. The molecule has 0 aliphatic rings. The first-order valence-corrected chi connectivity index (χ1v) is 3.84. The topological polar surface area (TPSA) is 55.8 Å². The Morgan fingerprint density at radius 1 is 1.42 bits per heavy atom. The second-order valence-corrected chi connectivity index (χ2v) is 2.62. The molecule has 0 aromatic carbocycles. The SMILES string of the molecule is CO[C@@H]([C@H](C)O)[C@H](CC=O)OC. The molecule has 0 heterocycles. The van der Waals surface area contributed by atoms with Crippen molar-refractivity contribution in [2.75, 3.05) is 14.2 Å². The Bertz CT molecular complexity index is 124. The molecule has 3 atom stereocenters. The summed E-state index contributed by atoms with van der Waals surface area (Å²) >= 11 is 0. The minimum Gasteiger partial charge on any atom is -0.391 e.